The second kappa shape index (κ2) is 9.10. The van der Waals surface area contributed by atoms with Crippen molar-refractivity contribution in [2.24, 2.45) is 5.92 Å². The Morgan fingerprint density at radius 2 is 2.00 bits per heavy atom. The van der Waals surface area contributed by atoms with Gasteiger partial charge in [0.1, 0.15) is 5.82 Å². The monoisotopic (exact) mass is 422 g/mol. The minimum atomic E-state index is -4.44. The van der Waals surface area contributed by atoms with Gasteiger partial charge in [-0.25, -0.2) is 9.97 Å². The quantitative estimate of drug-likeness (QED) is 0.680. The maximum absolute atomic E-state index is 12.5. The molecule has 1 aliphatic carbocycles. The van der Waals surface area contributed by atoms with Crippen molar-refractivity contribution in [3.8, 4) is 5.88 Å². The van der Waals surface area contributed by atoms with Gasteiger partial charge in [-0.05, 0) is 43.4 Å². The number of hydrogen-bond donors (Lipinski definition) is 2. The summed E-state index contributed by atoms with van der Waals surface area (Å²) in [7, 11) is 0. The van der Waals surface area contributed by atoms with Crippen molar-refractivity contribution in [2.75, 3.05) is 11.9 Å². The number of rotatable bonds is 8. The number of carbonyl (C=O) groups excluding carboxylic acids is 2. The highest BCUT2D eigenvalue weighted by Gasteiger charge is 2.28. The van der Waals surface area contributed by atoms with Crippen LogP contribution in [0.4, 0.5) is 19.0 Å². The molecule has 7 nitrogen and oxygen atoms in total. The average Bonchev–Trinajstić information content (AvgIpc) is 3.48. The molecule has 2 aromatic rings. The summed E-state index contributed by atoms with van der Waals surface area (Å²) in [4.78, 5) is 32.4. The fourth-order valence-corrected chi connectivity index (χ4v) is 2.68. The van der Waals surface area contributed by atoms with E-state index in [9.17, 15) is 22.8 Å². The van der Waals surface area contributed by atoms with Crippen LogP contribution in [0.1, 0.15) is 40.9 Å². The van der Waals surface area contributed by atoms with Gasteiger partial charge in [-0.2, -0.15) is 13.2 Å². The maximum atomic E-state index is 12.5. The lowest BCUT2D eigenvalue weighted by atomic mass is 10.2. The Morgan fingerprint density at radius 3 is 2.63 bits per heavy atom. The van der Waals surface area contributed by atoms with E-state index in [2.05, 4.69) is 25.3 Å². The van der Waals surface area contributed by atoms with E-state index in [0.717, 1.165) is 12.8 Å². The van der Waals surface area contributed by atoms with Crippen LogP contribution in [0.2, 0.25) is 0 Å². The summed E-state index contributed by atoms with van der Waals surface area (Å²) in [5.41, 5.74) is 1.51. The number of aryl methyl sites for hydroxylation is 1. The zero-order valence-electron chi connectivity index (χ0n) is 16.3. The zero-order chi connectivity index (χ0) is 21.7. The summed E-state index contributed by atoms with van der Waals surface area (Å²) in [5.74, 6) is 0.102. The first-order valence-electron chi connectivity index (χ1n) is 9.39. The minimum Gasteiger partial charge on any atom is -0.468 e. The molecule has 0 bridgehead atoms. The first-order chi connectivity index (χ1) is 14.2. The fourth-order valence-electron chi connectivity index (χ4n) is 2.68. The Labute approximate surface area is 171 Å². The summed E-state index contributed by atoms with van der Waals surface area (Å²) in [6.45, 7) is 0.421. The minimum absolute atomic E-state index is 0.121. The third kappa shape index (κ3) is 7.02. The van der Waals surface area contributed by atoms with E-state index in [1.165, 1.54) is 24.4 Å². The standard InChI is InChI=1S/C20H21F3N4O3/c1-12-6-15(8-16(26-12)27-17(28)7-13-2-3-13)19(29)25-10-14-4-5-18(24-9-14)30-11-20(21,22)23/h4-6,8-9,13H,2-3,7,10-11H2,1H3,(H,25,29)(H,26,27,28). The van der Waals surface area contributed by atoms with Crippen molar-refractivity contribution >= 4 is 17.6 Å². The van der Waals surface area contributed by atoms with E-state index in [4.69, 9.17) is 0 Å². The Balaban J connectivity index is 1.54. The number of nitrogens with zero attached hydrogens (tertiary/aromatic N) is 2. The van der Waals surface area contributed by atoms with Gasteiger partial charge < -0.3 is 15.4 Å². The first-order valence-corrected chi connectivity index (χ1v) is 9.39. The third-order valence-corrected chi connectivity index (χ3v) is 4.29. The number of nitrogens with one attached hydrogen (secondary N) is 2. The predicted molar refractivity (Wildman–Crippen MR) is 102 cm³/mol. The molecular formula is C20H21F3N4O3. The number of aromatic nitrogens is 2. The van der Waals surface area contributed by atoms with Gasteiger partial charge in [0.15, 0.2) is 6.61 Å². The van der Waals surface area contributed by atoms with E-state index < -0.39 is 12.8 Å². The molecule has 160 valence electrons. The summed E-state index contributed by atoms with van der Waals surface area (Å²) in [6, 6.07) is 5.91. The van der Waals surface area contributed by atoms with Gasteiger partial charge >= 0.3 is 6.18 Å². The maximum Gasteiger partial charge on any atom is 0.422 e. The van der Waals surface area contributed by atoms with Crippen molar-refractivity contribution < 1.29 is 27.5 Å². The molecule has 0 saturated heterocycles. The molecule has 1 aliphatic rings. The lowest BCUT2D eigenvalue weighted by molar-refractivity contribution is -0.154. The Hall–Kier alpha value is -3.17. The SMILES string of the molecule is Cc1cc(C(=O)NCc2ccc(OCC(F)(F)F)nc2)cc(NC(=O)CC2CC2)n1. The summed E-state index contributed by atoms with van der Waals surface area (Å²) < 4.78 is 41.0. The van der Waals surface area contributed by atoms with Crippen LogP contribution in [-0.4, -0.2) is 34.6 Å². The van der Waals surface area contributed by atoms with Crippen LogP contribution in [-0.2, 0) is 11.3 Å². The first kappa shape index (κ1) is 21.5. The van der Waals surface area contributed by atoms with Crippen molar-refractivity contribution in [3.05, 3.63) is 47.3 Å². The van der Waals surface area contributed by atoms with Crippen LogP contribution in [0.5, 0.6) is 5.88 Å². The van der Waals surface area contributed by atoms with Crippen LogP contribution >= 0.6 is 0 Å². The Morgan fingerprint density at radius 1 is 1.23 bits per heavy atom. The number of halogens is 3. The van der Waals surface area contributed by atoms with Crippen LogP contribution in [0, 0.1) is 12.8 Å². The van der Waals surface area contributed by atoms with Crippen molar-refractivity contribution in [3.63, 3.8) is 0 Å². The van der Waals surface area contributed by atoms with E-state index >= 15 is 0 Å². The number of ether oxygens (including phenoxy) is 1. The second-order valence-electron chi connectivity index (χ2n) is 7.17. The van der Waals surface area contributed by atoms with E-state index in [1.807, 2.05) is 0 Å². The van der Waals surface area contributed by atoms with Crippen molar-refractivity contribution in [1.82, 2.24) is 15.3 Å². The molecule has 2 amide bonds. The van der Waals surface area contributed by atoms with Crippen molar-refractivity contribution in [2.45, 2.75) is 38.9 Å². The van der Waals surface area contributed by atoms with E-state index in [-0.39, 0.29) is 24.2 Å². The molecule has 30 heavy (non-hydrogen) atoms. The van der Waals surface area contributed by atoms with Gasteiger partial charge in [-0.1, -0.05) is 6.07 Å². The Bertz CT molecular complexity index is 913. The topological polar surface area (TPSA) is 93.2 Å². The summed E-state index contributed by atoms with van der Waals surface area (Å²) in [6.07, 6.45) is -0.535. The third-order valence-electron chi connectivity index (χ3n) is 4.29. The van der Waals surface area contributed by atoms with Gasteiger partial charge in [0, 0.05) is 36.5 Å². The van der Waals surface area contributed by atoms with Gasteiger partial charge in [-0.3, -0.25) is 9.59 Å². The summed E-state index contributed by atoms with van der Waals surface area (Å²) >= 11 is 0. The molecule has 2 heterocycles. The van der Waals surface area contributed by atoms with Crippen molar-refractivity contribution in [1.29, 1.82) is 0 Å². The molecule has 2 aromatic heterocycles. The molecule has 2 N–H and O–H groups in total. The number of carbonyl (C=O) groups is 2. The zero-order valence-corrected chi connectivity index (χ0v) is 16.3. The predicted octanol–water partition coefficient (Wildman–Crippen LogP) is 3.39. The highest BCUT2D eigenvalue weighted by atomic mass is 19.4. The highest BCUT2D eigenvalue weighted by Crippen LogP contribution is 2.32. The number of amides is 2. The molecular weight excluding hydrogens is 401 g/mol. The number of anilines is 1. The number of alkyl halides is 3. The molecule has 0 aliphatic heterocycles. The molecule has 1 fully saturated rings. The van der Waals surface area contributed by atoms with E-state index in [0.29, 0.717) is 35.0 Å². The van der Waals surface area contributed by atoms with Gasteiger partial charge in [-0.15, -0.1) is 0 Å². The summed E-state index contributed by atoms with van der Waals surface area (Å²) in [5, 5.41) is 5.42. The van der Waals surface area contributed by atoms with Crippen LogP contribution in [0.15, 0.2) is 30.5 Å². The van der Waals surface area contributed by atoms with Crippen LogP contribution in [0.3, 0.4) is 0 Å². The van der Waals surface area contributed by atoms with Crippen LogP contribution < -0.4 is 15.4 Å². The normalized spacial score (nSPS) is 13.6. The molecule has 3 rings (SSSR count). The number of pyridine rings is 2. The van der Waals surface area contributed by atoms with Gasteiger partial charge in [0.2, 0.25) is 11.8 Å². The molecule has 0 aromatic carbocycles. The molecule has 0 atom stereocenters. The van der Waals surface area contributed by atoms with Gasteiger partial charge in [0.25, 0.3) is 5.91 Å². The highest BCUT2D eigenvalue weighted by molar-refractivity contribution is 5.96. The lowest BCUT2D eigenvalue weighted by Gasteiger charge is -2.10. The average molecular weight is 422 g/mol. The second-order valence-corrected chi connectivity index (χ2v) is 7.17. The molecule has 0 spiro atoms. The largest absolute Gasteiger partial charge is 0.468 e. The van der Waals surface area contributed by atoms with Crippen LogP contribution in [0.25, 0.3) is 0 Å². The Kier molecular flexibility index (Phi) is 6.53. The molecule has 0 radical (unpaired) electrons. The molecule has 1 saturated carbocycles. The fraction of sp³-hybridized carbons (Fsp3) is 0.400. The smallest absolute Gasteiger partial charge is 0.422 e. The molecule has 0 unspecified atom stereocenters. The van der Waals surface area contributed by atoms with Gasteiger partial charge in [0.05, 0.1) is 0 Å². The molecule has 10 heteroatoms. The lowest BCUT2D eigenvalue weighted by Crippen LogP contribution is -2.24. The number of hydrogen-bond acceptors (Lipinski definition) is 5. The van der Waals surface area contributed by atoms with E-state index in [1.54, 1.807) is 13.0 Å².